The van der Waals surface area contributed by atoms with Crippen molar-refractivity contribution in [2.75, 3.05) is 7.11 Å². The number of ether oxygens (including phenoxy) is 1. The van der Waals surface area contributed by atoms with E-state index in [2.05, 4.69) is 74.3 Å². The summed E-state index contributed by atoms with van der Waals surface area (Å²) in [6.07, 6.45) is 8.16. The van der Waals surface area contributed by atoms with E-state index in [4.69, 9.17) is 19.7 Å². The van der Waals surface area contributed by atoms with Gasteiger partial charge in [-0.15, -0.1) is 0 Å². The standard InChI is InChI=1S/C34H35IN4O3/c1-8-19-15(3)23-13-26-20(9-2)16(4)31(38-26)30(35)32-17(5)21(10-11-28(41)42-7)33(39-32)22-12-27(40)29-18(6)24(37-34(22)29)14-25(19)36-23/h9,13-14,17,21,39-40H,2,8,10-12H2,1,3-7H3/t17-,21-/m0/s1. The first-order chi connectivity index (χ1) is 20.1. The van der Waals surface area contributed by atoms with Crippen LogP contribution in [0.1, 0.15) is 60.3 Å². The number of halogens is 1. The molecule has 2 atom stereocenters. The van der Waals surface area contributed by atoms with E-state index in [0.717, 1.165) is 89.1 Å². The van der Waals surface area contributed by atoms with Gasteiger partial charge in [-0.05, 0) is 90.6 Å². The van der Waals surface area contributed by atoms with Crippen LogP contribution in [0.2, 0.25) is 0 Å². The van der Waals surface area contributed by atoms with Crippen LogP contribution in [0.25, 0.3) is 0 Å². The number of carbonyl (C=O) groups excluding carboxylic acids is 1. The summed E-state index contributed by atoms with van der Waals surface area (Å²) in [6.45, 7) is 14.7. The minimum absolute atomic E-state index is 0.0196. The SMILES string of the molecule is C=CC1=C(C)C2=NC1=CC1=NC(=CC3=C(C)C4=C(O)CC(=C5NC(=C2I)[C@@H](C)[C@@H]5CCC(=O)OC)C4=N3)C(CC)=C1C. The van der Waals surface area contributed by atoms with Crippen molar-refractivity contribution < 1.29 is 14.6 Å². The molecule has 6 rings (SSSR count). The zero-order chi connectivity index (χ0) is 30.0. The number of esters is 1. The summed E-state index contributed by atoms with van der Waals surface area (Å²) in [4.78, 5) is 27.6. The molecule has 0 spiro atoms. The van der Waals surface area contributed by atoms with Crippen molar-refractivity contribution in [2.24, 2.45) is 26.8 Å². The minimum atomic E-state index is -0.231. The van der Waals surface area contributed by atoms with E-state index in [0.29, 0.717) is 25.0 Å². The molecule has 0 radical (unpaired) electrons. The molecule has 1 aliphatic carbocycles. The molecule has 6 aliphatic rings. The molecule has 1 fully saturated rings. The van der Waals surface area contributed by atoms with E-state index < -0.39 is 0 Å². The number of aliphatic hydroxyl groups is 1. The molecule has 5 heterocycles. The zero-order valence-electron chi connectivity index (χ0n) is 24.9. The molecule has 0 amide bonds. The van der Waals surface area contributed by atoms with Crippen LogP contribution in [-0.4, -0.2) is 35.3 Å². The van der Waals surface area contributed by atoms with Gasteiger partial charge in [0.05, 0.1) is 44.9 Å². The van der Waals surface area contributed by atoms with E-state index >= 15 is 0 Å². The lowest BCUT2D eigenvalue weighted by Gasteiger charge is -2.17. The topological polar surface area (TPSA) is 95.6 Å². The number of nitrogens with one attached hydrogen (secondary N) is 1. The molecule has 7 nitrogen and oxygen atoms in total. The monoisotopic (exact) mass is 674 g/mol. The fraction of sp³-hybridized carbons (Fsp3) is 0.353. The number of nitrogens with zero attached hydrogens (tertiary/aromatic N) is 3. The van der Waals surface area contributed by atoms with E-state index in [1.807, 2.05) is 13.0 Å². The molecule has 0 aromatic carbocycles. The van der Waals surface area contributed by atoms with E-state index in [9.17, 15) is 9.90 Å². The first kappa shape index (κ1) is 28.6. The largest absolute Gasteiger partial charge is 0.511 e. The fourth-order valence-corrected chi connectivity index (χ4v) is 8.00. The van der Waals surface area contributed by atoms with Crippen LogP contribution >= 0.6 is 22.6 Å². The van der Waals surface area contributed by atoms with Gasteiger partial charge in [0.2, 0.25) is 0 Å². The van der Waals surface area contributed by atoms with Crippen LogP contribution < -0.4 is 5.32 Å². The first-order valence-electron chi connectivity index (χ1n) is 14.4. The van der Waals surface area contributed by atoms with Crippen LogP contribution in [0.4, 0.5) is 0 Å². The molecule has 216 valence electrons. The van der Waals surface area contributed by atoms with Crippen molar-refractivity contribution in [1.82, 2.24) is 5.32 Å². The third-order valence-electron chi connectivity index (χ3n) is 9.26. The number of hydrogen-bond donors (Lipinski definition) is 2. The average molecular weight is 675 g/mol. The lowest BCUT2D eigenvalue weighted by Crippen LogP contribution is -2.16. The van der Waals surface area contributed by atoms with Crippen molar-refractivity contribution in [3.05, 3.63) is 102 Å². The van der Waals surface area contributed by atoms with Crippen LogP contribution in [0.15, 0.2) is 117 Å². The number of carbonyl (C=O) groups is 1. The Bertz CT molecular complexity index is 1730. The molecular formula is C34H35IN4O3. The number of aliphatic imine (C=N–C) groups is 3. The summed E-state index contributed by atoms with van der Waals surface area (Å²) in [5, 5.41) is 15.0. The van der Waals surface area contributed by atoms with Gasteiger partial charge >= 0.3 is 5.97 Å². The molecule has 0 unspecified atom stereocenters. The van der Waals surface area contributed by atoms with Gasteiger partial charge in [0.25, 0.3) is 0 Å². The molecular weight excluding hydrogens is 639 g/mol. The molecule has 42 heavy (non-hydrogen) atoms. The van der Waals surface area contributed by atoms with Gasteiger partial charge in [0.15, 0.2) is 0 Å². The van der Waals surface area contributed by atoms with Gasteiger partial charge in [-0.2, -0.15) is 0 Å². The number of hydrogen-bond acceptors (Lipinski definition) is 7. The highest BCUT2D eigenvalue weighted by molar-refractivity contribution is 14.1. The Kier molecular flexibility index (Phi) is 7.23. The Morgan fingerprint density at radius 1 is 1.12 bits per heavy atom. The van der Waals surface area contributed by atoms with Gasteiger partial charge < -0.3 is 15.2 Å². The second-order valence-corrected chi connectivity index (χ2v) is 12.5. The van der Waals surface area contributed by atoms with Gasteiger partial charge in [0, 0.05) is 52.8 Å². The van der Waals surface area contributed by atoms with Crippen molar-refractivity contribution >= 4 is 45.7 Å². The second-order valence-electron chi connectivity index (χ2n) is 11.4. The van der Waals surface area contributed by atoms with Gasteiger partial charge in [0.1, 0.15) is 5.76 Å². The van der Waals surface area contributed by atoms with Gasteiger partial charge in [-0.25, -0.2) is 15.0 Å². The number of aliphatic hydroxyl groups excluding tert-OH is 1. The Balaban J connectivity index is 1.63. The molecule has 1 saturated heterocycles. The summed E-state index contributed by atoms with van der Waals surface area (Å²) in [6, 6.07) is 0. The summed E-state index contributed by atoms with van der Waals surface area (Å²) < 4.78 is 6.02. The summed E-state index contributed by atoms with van der Waals surface area (Å²) in [5.41, 5.74) is 14.4. The van der Waals surface area contributed by atoms with Crippen molar-refractivity contribution in [3.8, 4) is 0 Å². The van der Waals surface area contributed by atoms with Crippen molar-refractivity contribution in [3.63, 3.8) is 0 Å². The smallest absolute Gasteiger partial charge is 0.305 e. The van der Waals surface area contributed by atoms with Crippen molar-refractivity contribution in [1.29, 1.82) is 0 Å². The Morgan fingerprint density at radius 2 is 1.88 bits per heavy atom. The fourth-order valence-electron chi connectivity index (χ4n) is 6.85. The maximum Gasteiger partial charge on any atom is 0.305 e. The van der Waals surface area contributed by atoms with E-state index in [1.165, 1.54) is 12.7 Å². The van der Waals surface area contributed by atoms with Crippen LogP contribution in [-0.2, 0) is 9.53 Å². The van der Waals surface area contributed by atoms with Crippen LogP contribution in [0, 0.1) is 11.8 Å². The molecule has 5 aliphatic heterocycles. The lowest BCUT2D eigenvalue weighted by atomic mass is 9.86. The summed E-state index contributed by atoms with van der Waals surface area (Å²) in [7, 11) is 1.43. The summed E-state index contributed by atoms with van der Waals surface area (Å²) >= 11 is 2.40. The van der Waals surface area contributed by atoms with Crippen LogP contribution in [0.3, 0.4) is 0 Å². The highest BCUT2D eigenvalue weighted by atomic mass is 127. The zero-order valence-corrected chi connectivity index (χ0v) is 27.1. The number of rotatable bonds is 5. The van der Waals surface area contributed by atoms with E-state index in [-0.39, 0.29) is 17.8 Å². The van der Waals surface area contributed by atoms with E-state index in [1.54, 1.807) is 0 Å². The van der Waals surface area contributed by atoms with Gasteiger partial charge in [-0.3, -0.25) is 4.79 Å². The molecule has 8 bridgehead atoms. The predicted molar refractivity (Wildman–Crippen MR) is 176 cm³/mol. The highest BCUT2D eigenvalue weighted by Crippen LogP contribution is 2.48. The summed E-state index contributed by atoms with van der Waals surface area (Å²) in [5.74, 6) is 0.199. The third kappa shape index (κ3) is 4.29. The number of allylic oxidation sites excluding steroid dienone is 12. The number of fused-ring (bicyclic) bond motifs is 5. The average Bonchev–Trinajstić information content (AvgIpc) is 3.72. The molecule has 0 aromatic heterocycles. The molecule has 0 aromatic rings. The predicted octanol–water partition coefficient (Wildman–Crippen LogP) is 7.56. The van der Waals surface area contributed by atoms with Gasteiger partial charge in [-0.1, -0.05) is 26.5 Å². The highest BCUT2D eigenvalue weighted by Gasteiger charge is 2.42. The third-order valence-corrected chi connectivity index (χ3v) is 10.4. The number of methoxy groups -OCH3 is 1. The molecule has 0 saturated carbocycles. The molecule has 8 heteroatoms. The maximum atomic E-state index is 12.2. The van der Waals surface area contributed by atoms with Crippen LogP contribution in [0.5, 0.6) is 0 Å². The second kappa shape index (κ2) is 10.6. The Hall–Kier alpha value is -3.53. The normalized spacial score (nSPS) is 24.9. The van der Waals surface area contributed by atoms with Crippen molar-refractivity contribution in [2.45, 2.75) is 60.3 Å². The Morgan fingerprint density at radius 3 is 2.57 bits per heavy atom. The first-order valence-corrected chi connectivity index (χ1v) is 15.5. The maximum absolute atomic E-state index is 12.2. The minimum Gasteiger partial charge on any atom is -0.511 e. The lowest BCUT2D eigenvalue weighted by molar-refractivity contribution is -0.140. The molecule has 2 N–H and O–H groups in total. The quantitative estimate of drug-likeness (QED) is 0.233. The Labute approximate surface area is 260 Å².